The third-order valence-corrected chi connectivity index (χ3v) is 1.97. The molecule has 0 rings (SSSR count). The van der Waals surface area contributed by atoms with Crippen molar-refractivity contribution in [1.29, 1.82) is 0 Å². The summed E-state index contributed by atoms with van der Waals surface area (Å²) < 4.78 is 0. The van der Waals surface area contributed by atoms with E-state index in [1.807, 2.05) is 6.92 Å². The molecule has 0 bridgehead atoms. The first kappa shape index (κ1) is 12.2. The third-order valence-electron chi connectivity index (χ3n) is 1.97. The Kier molecular flexibility index (Phi) is 5.44. The Balaban J connectivity index is 4.83. The molecule has 2 heteroatoms. The van der Waals surface area contributed by atoms with Crippen molar-refractivity contribution in [2.24, 2.45) is 17.0 Å². The highest BCUT2D eigenvalue weighted by Crippen LogP contribution is 2.17. The van der Waals surface area contributed by atoms with Gasteiger partial charge in [0.1, 0.15) is 7.11 Å². The van der Waals surface area contributed by atoms with Crippen LogP contribution in [-0.4, -0.2) is 12.8 Å². The molecule has 13 heavy (non-hydrogen) atoms. The van der Waals surface area contributed by atoms with Gasteiger partial charge in [0, 0.05) is 0 Å². The van der Waals surface area contributed by atoms with Crippen molar-refractivity contribution in [2.75, 3.05) is 7.11 Å². The number of oxime groups is 1. The van der Waals surface area contributed by atoms with Crippen LogP contribution in [0.4, 0.5) is 0 Å². The molecule has 0 aromatic heterocycles. The van der Waals surface area contributed by atoms with Gasteiger partial charge >= 0.3 is 0 Å². The lowest BCUT2D eigenvalue weighted by atomic mass is 9.92. The van der Waals surface area contributed by atoms with Crippen LogP contribution in [0.1, 0.15) is 34.6 Å². The van der Waals surface area contributed by atoms with Crippen LogP contribution in [0.2, 0.25) is 0 Å². The smallest absolute Gasteiger partial charge is 0.106 e. The quantitative estimate of drug-likeness (QED) is 0.484. The fraction of sp³-hybridized carbons (Fsp3) is 0.727. The monoisotopic (exact) mass is 183 g/mol. The van der Waals surface area contributed by atoms with Crippen LogP contribution in [0, 0.1) is 11.8 Å². The zero-order valence-corrected chi connectivity index (χ0v) is 9.59. The number of rotatable bonds is 4. The van der Waals surface area contributed by atoms with Crippen molar-refractivity contribution in [3.63, 3.8) is 0 Å². The molecule has 0 saturated heterocycles. The molecule has 0 aromatic carbocycles. The van der Waals surface area contributed by atoms with Crippen LogP contribution in [0.25, 0.3) is 0 Å². The average Bonchev–Trinajstić information content (AvgIpc) is 2.03. The Morgan fingerprint density at radius 1 is 1.15 bits per heavy atom. The van der Waals surface area contributed by atoms with Gasteiger partial charge in [-0.25, -0.2) is 0 Å². The van der Waals surface area contributed by atoms with Crippen molar-refractivity contribution in [3.05, 3.63) is 11.6 Å². The van der Waals surface area contributed by atoms with Crippen molar-refractivity contribution in [1.82, 2.24) is 0 Å². The number of hydrogen-bond donors (Lipinski definition) is 0. The molecule has 2 nitrogen and oxygen atoms in total. The van der Waals surface area contributed by atoms with Gasteiger partial charge in [-0.15, -0.1) is 0 Å². The third kappa shape index (κ3) is 3.62. The van der Waals surface area contributed by atoms with E-state index in [9.17, 15) is 0 Å². The maximum Gasteiger partial charge on any atom is 0.106 e. The van der Waals surface area contributed by atoms with Crippen LogP contribution in [0.15, 0.2) is 16.8 Å². The van der Waals surface area contributed by atoms with Crippen LogP contribution >= 0.6 is 0 Å². The van der Waals surface area contributed by atoms with E-state index in [1.54, 1.807) is 7.11 Å². The predicted octanol–water partition coefficient (Wildman–Crippen LogP) is 3.25. The first-order valence-electron chi connectivity index (χ1n) is 4.82. The summed E-state index contributed by atoms with van der Waals surface area (Å²) in [5.74, 6) is 0.912. The van der Waals surface area contributed by atoms with Crippen molar-refractivity contribution in [3.8, 4) is 0 Å². The molecule has 0 saturated carbocycles. The average molecular weight is 183 g/mol. The molecular formula is C11H21NO. The van der Waals surface area contributed by atoms with Gasteiger partial charge in [-0.2, -0.15) is 0 Å². The lowest BCUT2D eigenvalue weighted by Gasteiger charge is -2.16. The second kappa shape index (κ2) is 5.79. The van der Waals surface area contributed by atoms with Gasteiger partial charge in [0.05, 0.1) is 5.71 Å². The summed E-state index contributed by atoms with van der Waals surface area (Å²) >= 11 is 0. The fourth-order valence-corrected chi connectivity index (χ4v) is 1.37. The Labute approximate surface area is 81.7 Å². The molecule has 0 heterocycles. The Morgan fingerprint density at radius 3 is 1.92 bits per heavy atom. The maximum absolute atomic E-state index is 4.85. The summed E-state index contributed by atoms with van der Waals surface area (Å²) in [5, 5.41) is 4.06. The van der Waals surface area contributed by atoms with E-state index in [1.165, 1.54) is 5.57 Å². The van der Waals surface area contributed by atoms with E-state index in [-0.39, 0.29) is 0 Å². The van der Waals surface area contributed by atoms with Gasteiger partial charge in [-0.05, 0) is 24.3 Å². The normalized spacial score (nSPS) is 14.2. The SMILES string of the molecule is C/C=C(\C(=N/OC)C(C)C)C(C)C. The standard InChI is InChI=1S/C11H21NO/c1-7-10(8(2)3)11(9(4)5)12-13-6/h7-9H,1-6H3/b10-7-,12-11-. The van der Waals surface area contributed by atoms with Crippen LogP contribution in [-0.2, 0) is 4.84 Å². The Morgan fingerprint density at radius 2 is 1.69 bits per heavy atom. The molecule has 0 radical (unpaired) electrons. The summed E-state index contributed by atoms with van der Waals surface area (Å²) in [5.41, 5.74) is 2.33. The molecule has 0 aliphatic rings. The van der Waals surface area contributed by atoms with E-state index < -0.39 is 0 Å². The van der Waals surface area contributed by atoms with Gasteiger partial charge in [0.25, 0.3) is 0 Å². The zero-order chi connectivity index (χ0) is 10.4. The molecule has 0 unspecified atom stereocenters. The van der Waals surface area contributed by atoms with Gasteiger partial charge in [-0.3, -0.25) is 0 Å². The molecule has 0 N–H and O–H groups in total. The molecule has 0 amide bonds. The molecule has 0 fully saturated rings. The highest BCUT2D eigenvalue weighted by molar-refractivity contribution is 6.01. The minimum atomic E-state index is 0.411. The topological polar surface area (TPSA) is 21.6 Å². The summed E-state index contributed by atoms with van der Waals surface area (Å²) in [6.45, 7) is 10.6. The van der Waals surface area contributed by atoms with E-state index in [0.29, 0.717) is 11.8 Å². The van der Waals surface area contributed by atoms with Crippen LogP contribution in [0.3, 0.4) is 0 Å². The maximum atomic E-state index is 4.85. The molecule has 0 aromatic rings. The second-order valence-corrected chi connectivity index (χ2v) is 3.71. The minimum Gasteiger partial charge on any atom is -0.399 e. The molecule has 76 valence electrons. The van der Waals surface area contributed by atoms with E-state index in [2.05, 4.69) is 38.9 Å². The van der Waals surface area contributed by atoms with Gasteiger partial charge in [0.2, 0.25) is 0 Å². The van der Waals surface area contributed by atoms with E-state index >= 15 is 0 Å². The lowest BCUT2D eigenvalue weighted by Crippen LogP contribution is -2.15. The molecule has 0 atom stereocenters. The highest BCUT2D eigenvalue weighted by atomic mass is 16.6. The number of nitrogens with zero attached hydrogens (tertiary/aromatic N) is 1. The zero-order valence-electron chi connectivity index (χ0n) is 9.59. The second-order valence-electron chi connectivity index (χ2n) is 3.71. The van der Waals surface area contributed by atoms with E-state index in [4.69, 9.17) is 4.84 Å². The van der Waals surface area contributed by atoms with Crippen LogP contribution in [0.5, 0.6) is 0 Å². The first-order valence-corrected chi connectivity index (χ1v) is 4.82. The number of hydrogen-bond acceptors (Lipinski definition) is 2. The molecule has 0 spiro atoms. The van der Waals surface area contributed by atoms with E-state index in [0.717, 1.165) is 5.71 Å². The largest absolute Gasteiger partial charge is 0.399 e. The van der Waals surface area contributed by atoms with Crippen molar-refractivity contribution >= 4 is 5.71 Å². The Bertz CT molecular complexity index is 202. The minimum absolute atomic E-state index is 0.411. The molecular weight excluding hydrogens is 162 g/mol. The highest BCUT2D eigenvalue weighted by Gasteiger charge is 2.14. The summed E-state index contributed by atoms with van der Waals surface area (Å²) in [6.07, 6.45) is 2.11. The Hall–Kier alpha value is -0.790. The fourth-order valence-electron chi connectivity index (χ4n) is 1.37. The first-order chi connectivity index (χ1) is 6.04. The van der Waals surface area contributed by atoms with Crippen molar-refractivity contribution < 1.29 is 4.84 Å². The molecule has 0 aliphatic heterocycles. The van der Waals surface area contributed by atoms with Gasteiger partial charge in [0.15, 0.2) is 0 Å². The summed E-state index contributed by atoms with van der Waals surface area (Å²) in [6, 6.07) is 0. The van der Waals surface area contributed by atoms with Gasteiger partial charge in [-0.1, -0.05) is 38.9 Å². The summed E-state index contributed by atoms with van der Waals surface area (Å²) in [4.78, 5) is 4.85. The van der Waals surface area contributed by atoms with Crippen LogP contribution < -0.4 is 0 Å². The van der Waals surface area contributed by atoms with Gasteiger partial charge < -0.3 is 4.84 Å². The van der Waals surface area contributed by atoms with Crippen molar-refractivity contribution in [2.45, 2.75) is 34.6 Å². The number of allylic oxidation sites excluding steroid dienone is 2. The lowest BCUT2D eigenvalue weighted by molar-refractivity contribution is 0.211. The summed E-state index contributed by atoms with van der Waals surface area (Å²) in [7, 11) is 1.59. The molecule has 0 aliphatic carbocycles. The predicted molar refractivity (Wildman–Crippen MR) is 57.9 cm³/mol.